The van der Waals surface area contributed by atoms with E-state index in [1.807, 2.05) is 54.6 Å². The second kappa shape index (κ2) is 6.91. The van der Waals surface area contributed by atoms with Crippen molar-refractivity contribution in [1.29, 1.82) is 0 Å². The fourth-order valence-electron chi connectivity index (χ4n) is 3.33. The smallest absolute Gasteiger partial charge is 0.236 e. The van der Waals surface area contributed by atoms with Gasteiger partial charge in [-0.3, -0.25) is 4.79 Å². The Morgan fingerprint density at radius 1 is 1.19 bits per heavy atom. The van der Waals surface area contributed by atoms with E-state index in [4.69, 9.17) is 9.26 Å². The number of ether oxygens (including phenoxy) is 1. The zero-order chi connectivity index (χ0) is 18.9. The summed E-state index contributed by atoms with van der Waals surface area (Å²) in [5, 5.41) is 7.30. The van der Waals surface area contributed by atoms with E-state index in [1.54, 1.807) is 7.11 Å². The van der Waals surface area contributed by atoms with Crippen LogP contribution in [0.1, 0.15) is 31.0 Å². The molecule has 0 saturated heterocycles. The van der Waals surface area contributed by atoms with E-state index in [-0.39, 0.29) is 5.91 Å². The summed E-state index contributed by atoms with van der Waals surface area (Å²) in [6.07, 6.45) is 2.42. The molecule has 0 aliphatic heterocycles. The minimum atomic E-state index is -0.596. The van der Waals surface area contributed by atoms with E-state index in [2.05, 4.69) is 17.4 Å². The van der Waals surface area contributed by atoms with Crippen molar-refractivity contribution in [1.82, 2.24) is 5.16 Å². The van der Waals surface area contributed by atoms with Crippen molar-refractivity contribution >= 4 is 11.6 Å². The van der Waals surface area contributed by atoms with Crippen LogP contribution in [0.15, 0.2) is 59.1 Å². The number of nitrogens with zero attached hydrogens (tertiary/aromatic N) is 1. The number of aryl methyl sites for hydroxylation is 1. The third-order valence-corrected chi connectivity index (χ3v) is 5.19. The molecular formula is C22H22N2O3. The molecule has 1 amide bonds. The average molecular weight is 362 g/mol. The molecule has 5 heteroatoms. The molecule has 1 N–H and O–H groups in total. The summed E-state index contributed by atoms with van der Waals surface area (Å²) in [6, 6.07) is 17.4. The van der Waals surface area contributed by atoms with Gasteiger partial charge in [0, 0.05) is 17.3 Å². The van der Waals surface area contributed by atoms with E-state index in [1.165, 1.54) is 0 Å². The first-order valence-corrected chi connectivity index (χ1v) is 9.17. The maximum Gasteiger partial charge on any atom is 0.236 e. The van der Waals surface area contributed by atoms with Crippen LogP contribution >= 0.6 is 0 Å². The molecule has 5 nitrogen and oxygen atoms in total. The SMILES string of the molecule is CCc1ccccc1NC(=O)C1(c2cc(-c3cccc(OC)c3)on2)CC1. The summed E-state index contributed by atoms with van der Waals surface area (Å²) in [5.41, 5.74) is 2.96. The van der Waals surface area contributed by atoms with Crippen LogP contribution in [0.4, 0.5) is 5.69 Å². The van der Waals surface area contributed by atoms with Gasteiger partial charge in [-0.25, -0.2) is 0 Å². The molecule has 1 aliphatic rings. The zero-order valence-electron chi connectivity index (χ0n) is 15.5. The number of anilines is 1. The Labute approximate surface area is 158 Å². The molecule has 4 rings (SSSR count). The summed E-state index contributed by atoms with van der Waals surface area (Å²) >= 11 is 0. The summed E-state index contributed by atoms with van der Waals surface area (Å²) < 4.78 is 10.8. The van der Waals surface area contributed by atoms with Crippen LogP contribution in [0.25, 0.3) is 11.3 Å². The van der Waals surface area contributed by atoms with E-state index >= 15 is 0 Å². The van der Waals surface area contributed by atoms with Gasteiger partial charge < -0.3 is 14.6 Å². The molecule has 0 radical (unpaired) electrons. The number of nitrogens with one attached hydrogen (secondary N) is 1. The normalized spacial score (nSPS) is 14.6. The number of carbonyl (C=O) groups excluding carboxylic acids is 1. The fourth-order valence-corrected chi connectivity index (χ4v) is 3.33. The highest BCUT2D eigenvalue weighted by Crippen LogP contribution is 2.49. The number of hydrogen-bond donors (Lipinski definition) is 1. The van der Waals surface area contributed by atoms with Crippen LogP contribution in [0, 0.1) is 0 Å². The largest absolute Gasteiger partial charge is 0.497 e. The summed E-state index contributed by atoms with van der Waals surface area (Å²) in [4.78, 5) is 13.0. The lowest BCUT2D eigenvalue weighted by Gasteiger charge is -2.14. The number of para-hydroxylation sites is 1. The van der Waals surface area contributed by atoms with Crippen molar-refractivity contribution in [2.75, 3.05) is 12.4 Å². The van der Waals surface area contributed by atoms with Crippen molar-refractivity contribution in [3.8, 4) is 17.1 Å². The summed E-state index contributed by atoms with van der Waals surface area (Å²) in [7, 11) is 1.63. The van der Waals surface area contributed by atoms with Crippen LogP contribution in [0.5, 0.6) is 5.75 Å². The lowest BCUT2D eigenvalue weighted by molar-refractivity contribution is -0.118. The Hall–Kier alpha value is -3.08. The highest BCUT2D eigenvalue weighted by molar-refractivity contribution is 6.01. The van der Waals surface area contributed by atoms with Gasteiger partial charge in [0.1, 0.15) is 5.75 Å². The molecular weight excluding hydrogens is 340 g/mol. The second-order valence-electron chi connectivity index (χ2n) is 6.86. The van der Waals surface area contributed by atoms with E-state index in [0.717, 1.165) is 41.8 Å². The first-order chi connectivity index (χ1) is 13.2. The van der Waals surface area contributed by atoms with Gasteiger partial charge in [0.05, 0.1) is 18.2 Å². The van der Waals surface area contributed by atoms with Gasteiger partial charge >= 0.3 is 0 Å². The van der Waals surface area contributed by atoms with Gasteiger partial charge in [0.2, 0.25) is 5.91 Å². The fraction of sp³-hybridized carbons (Fsp3) is 0.273. The number of carbonyl (C=O) groups is 1. The number of hydrogen-bond acceptors (Lipinski definition) is 4. The first kappa shape index (κ1) is 17.3. The molecule has 138 valence electrons. The van der Waals surface area contributed by atoms with Crippen molar-refractivity contribution in [2.24, 2.45) is 0 Å². The summed E-state index contributed by atoms with van der Waals surface area (Å²) in [5.74, 6) is 1.37. The molecule has 0 atom stereocenters. The molecule has 1 heterocycles. The monoisotopic (exact) mass is 362 g/mol. The van der Waals surface area contributed by atoms with Gasteiger partial charge in [0.15, 0.2) is 5.76 Å². The molecule has 1 aliphatic carbocycles. The van der Waals surface area contributed by atoms with E-state index in [9.17, 15) is 4.79 Å². The number of methoxy groups -OCH3 is 1. The molecule has 0 unspecified atom stereocenters. The first-order valence-electron chi connectivity index (χ1n) is 9.17. The molecule has 2 aromatic carbocycles. The second-order valence-corrected chi connectivity index (χ2v) is 6.86. The van der Waals surface area contributed by atoms with Crippen molar-refractivity contribution < 1.29 is 14.1 Å². The van der Waals surface area contributed by atoms with Gasteiger partial charge in [-0.05, 0) is 43.0 Å². The third kappa shape index (κ3) is 3.21. The van der Waals surface area contributed by atoms with Crippen molar-refractivity contribution in [3.63, 3.8) is 0 Å². The lowest BCUT2D eigenvalue weighted by Crippen LogP contribution is -2.28. The quantitative estimate of drug-likeness (QED) is 0.697. The topological polar surface area (TPSA) is 64.4 Å². The molecule has 1 aromatic heterocycles. The maximum absolute atomic E-state index is 13.0. The molecule has 1 fully saturated rings. The Morgan fingerprint density at radius 2 is 2.00 bits per heavy atom. The van der Waals surface area contributed by atoms with Crippen LogP contribution in [0.2, 0.25) is 0 Å². The average Bonchev–Trinajstić information content (AvgIpc) is 3.38. The highest BCUT2D eigenvalue weighted by atomic mass is 16.5. The minimum Gasteiger partial charge on any atom is -0.497 e. The van der Waals surface area contributed by atoms with Gasteiger partial charge in [-0.1, -0.05) is 42.4 Å². The Morgan fingerprint density at radius 3 is 2.74 bits per heavy atom. The number of amides is 1. The van der Waals surface area contributed by atoms with Crippen LogP contribution in [0.3, 0.4) is 0 Å². The van der Waals surface area contributed by atoms with Crippen LogP contribution < -0.4 is 10.1 Å². The maximum atomic E-state index is 13.0. The lowest BCUT2D eigenvalue weighted by atomic mass is 9.99. The van der Waals surface area contributed by atoms with Crippen LogP contribution in [-0.2, 0) is 16.6 Å². The van der Waals surface area contributed by atoms with Gasteiger partial charge in [-0.2, -0.15) is 0 Å². The molecule has 0 spiro atoms. The molecule has 0 bridgehead atoms. The molecule has 27 heavy (non-hydrogen) atoms. The summed E-state index contributed by atoms with van der Waals surface area (Å²) in [6.45, 7) is 2.08. The zero-order valence-corrected chi connectivity index (χ0v) is 15.5. The van der Waals surface area contributed by atoms with Crippen molar-refractivity contribution in [3.05, 3.63) is 65.9 Å². The predicted molar refractivity (Wildman–Crippen MR) is 104 cm³/mol. The Kier molecular flexibility index (Phi) is 4.44. The van der Waals surface area contributed by atoms with Gasteiger partial charge in [0.25, 0.3) is 0 Å². The minimum absolute atomic E-state index is 0.0195. The van der Waals surface area contributed by atoms with Crippen molar-refractivity contribution in [2.45, 2.75) is 31.6 Å². The van der Waals surface area contributed by atoms with Crippen LogP contribution in [-0.4, -0.2) is 18.2 Å². The number of rotatable bonds is 6. The molecule has 1 saturated carbocycles. The molecule has 3 aromatic rings. The van der Waals surface area contributed by atoms with E-state index in [0.29, 0.717) is 11.5 Å². The number of benzene rings is 2. The standard InChI is InChI=1S/C22H22N2O3/c1-3-15-7-4-5-10-18(15)23-21(25)22(11-12-22)20-14-19(27-24-20)16-8-6-9-17(13-16)26-2/h4-10,13-14H,3,11-12H2,1-2H3,(H,23,25). The predicted octanol–water partition coefficient (Wildman–Crippen LogP) is 4.58. The Balaban J connectivity index is 1.58. The third-order valence-electron chi connectivity index (χ3n) is 5.19. The highest BCUT2D eigenvalue weighted by Gasteiger charge is 2.54. The van der Waals surface area contributed by atoms with E-state index < -0.39 is 5.41 Å². The van der Waals surface area contributed by atoms with Gasteiger partial charge in [-0.15, -0.1) is 0 Å². The number of aromatic nitrogens is 1. The Bertz CT molecular complexity index is 973.